The maximum absolute atomic E-state index is 12.2. The van der Waals surface area contributed by atoms with Gasteiger partial charge in [-0.15, -0.1) is 0 Å². The minimum Gasteiger partial charge on any atom is -0.330 e. The van der Waals surface area contributed by atoms with Crippen molar-refractivity contribution in [2.24, 2.45) is 11.7 Å². The van der Waals surface area contributed by atoms with Crippen LogP contribution in [0.1, 0.15) is 12.8 Å². The van der Waals surface area contributed by atoms with Crippen LogP contribution in [-0.4, -0.2) is 42.3 Å². The molecule has 0 aromatic carbocycles. The van der Waals surface area contributed by atoms with Gasteiger partial charge in [-0.25, -0.2) is 18.4 Å². The van der Waals surface area contributed by atoms with E-state index in [4.69, 9.17) is 5.73 Å². The zero-order valence-electron chi connectivity index (χ0n) is 9.49. The number of aromatic nitrogens is 2. The van der Waals surface area contributed by atoms with E-state index in [-0.39, 0.29) is 11.1 Å². The first-order chi connectivity index (χ1) is 8.14. The maximum Gasteiger partial charge on any atom is 0.278 e. The van der Waals surface area contributed by atoms with Gasteiger partial charge < -0.3 is 5.73 Å². The number of hydrogen-bond acceptors (Lipinski definition) is 5. The number of rotatable bonds is 3. The Morgan fingerprint density at radius 3 is 2.76 bits per heavy atom. The van der Waals surface area contributed by atoms with Gasteiger partial charge in [0.15, 0.2) is 0 Å². The molecule has 94 valence electrons. The summed E-state index contributed by atoms with van der Waals surface area (Å²) in [6.45, 7) is 1.51. The van der Waals surface area contributed by atoms with Crippen LogP contribution in [0.5, 0.6) is 0 Å². The van der Waals surface area contributed by atoms with Crippen molar-refractivity contribution in [1.82, 2.24) is 14.3 Å². The second-order valence-corrected chi connectivity index (χ2v) is 5.97. The minimum absolute atomic E-state index is 0.127. The molecule has 0 bridgehead atoms. The summed E-state index contributed by atoms with van der Waals surface area (Å²) in [5, 5.41) is -0.127. The van der Waals surface area contributed by atoms with Crippen LogP contribution in [0.3, 0.4) is 0 Å². The highest BCUT2D eigenvalue weighted by Gasteiger charge is 2.31. The first-order valence-corrected chi connectivity index (χ1v) is 7.06. The van der Waals surface area contributed by atoms with Gasteiger partial charge in [0, 0.05) is 25.5 Å². The van der Waals surface area contributed by atoms with Crippen molar-refractivity contribution in [3.05, 3.63) is 18.5 Å². The molecular formula is C10H16N4O2S. The zero-order chi connectivity index (χ0) is 12.3. The van der Waals surface area contributed by atoms with Gasteiger partial charge in [0.1, 0.15) is 0 Å². The fourth-order valence-corrected chi connectivity index (χ4v) is 3.37. The summed E-state index contributed by atoms with van der Waals surface area (Å²) < 4.78 is 25.9. The van der Waals surface area contributed by atoms with Crippen molar-refractivity contribution < 1.29 is 8.42 Å². The van der Waals surface area contributed by atoms with Crippen molar-refractivity contribution in [2.45, 2.75) is 18.0 Å². The van der Waals surface area contributed by atoms with E-state index in [9.17, 15) is 8.42 Å². The van der Waals surface area contributed by atoms with E-state index in [0.717, 1.165) is 12.8 Å². The number of nitrogens with two attached hydrogens (primary N) is 1. The van der Waals surface area contributed by atoms with E-state index in [0.29, 0.717) is 19.6 Å². The summed E-state index contributed by atoms with van der Waals surface area (Å²) >= 11 is 0. The number of hydrogen-bond donors (Lipinski definition) is 1. The average molecular weight is 256 g/mol. The third-order valence-corrected chi connectivity index (χ3v) is 4.61. The smallest absolute Gasteiger partial charge is 0.278 e. The highest BCUT2D eigenvalue weighted by molar-refractivity contribution is 7.88. The predicted molar refractivity (Wildman–Crippen MR) is 62.6 cm³/mol. The highest BCUT2D eigenvalue weighted by atomic mass is 32.2. The Bertz CT molecular complexity index is 462. The predicted octanol–water partition coefficient (Wildman–Crippen LogP) is -0.164. The molecule has 0 unspecified atom stereocenters. The molecule has 2 rings (SSSR count). The van der Waals surface area contributed by atoms with Crippen LogP contribution in [0.2, 0.25) is 0 Å². The van der Waals surface area contributed by atoms with E-state index in [1.54, 1.807) is 6.07 Å². The van der Waals surface area contributed by atoms with Crippen LogP contribution in [0.15, 0.2) is 23.6 Å². The molecule has 17 heavy (non-hydrogen) atoms. The highest BCUT2D eigenvalue weighted by Crippen LogP contribution is 2.20. The van der Waals surface area contributed by atoms with Gasteiger partial charge in [-0.3, -0.25) is 0 Å². The van der Waals surface area contributed by atoms with Crippen LogP contribution in [0.4, 0.5) is 0 Å². The van der Waals surface area contributed by atoms with Crippen molar-refractivity contribution in [2.75, 3.05) is 19.6 Å². The fourth-order valence-electron chi connectivity index (χ4n) is 1.97. The minimum atomic E-state index is -3.55. The lowest BCUT2D eigenvalue weighted by molar-refractivity contribution is 0.270. The molecule has 0 saturated carbocycles. The lowest BCUT2D eigenvalue weighted by Gasteiger charge is -2.30. The van der Waals surface area contributed by atoms with Crippen LogP contribution in [0.25, 0.3) is 0 Å². The van der Waals surface area contributed by atoms with Crippen molar-refractivity contribution >= 4 is 10.0 Å². The molecule has 0 spiro atoms. The van der Waals surface area contributed by atoms with E-state index in [1.807, 2.05) is 0 Å². The molecule has 2 N–H and O–H groups in total. The number of sulfonamides is 1. The Balaban J connectivity index is 2.21. The first kappa shape index (κ1) is 12.4. The molecular weight excluding hydrogens is 240 g/mol. The van der Waals surface area contributed by atoms with E-state index in [1.165, 1.54) is 16.7 Å². The molecule has 1 aliphatic rings. The van der Waals surface area contributed by atoms with Gasteiger partial charge in [0.05, 0.1) is 0 Å². The second-order valence-electron chi connectivity index (χ2n) is 4.14. The summed E-state index contributed by atoms with van der Waals surface area (Å²) in [6.07, 6.45) is 4.70. The Hall–Kier alpha value is -1.05. The van der Waals surface area contributed by atoms with E-state index in [2.05, 4.69) is 9.97 Å². The summed E-state index contributed by atoms with van der Waals surface area (Å²) in [5.74, 6) is 0.238. The summed E-state index contributed by atoms with van der Waals surface area (Å²) in [4.78, 5) is 7.61. The Labute approximate surface area is 101 Å². The third-order valence-electron chi connectivity index (χ3n) is 2.93. The van der Waals surface area contributed by atoms with E-state index < -0.39 is 10.0 Å². The van der Waals surface area contributed by atoms with E-state index >= 15 is 0 Å². The molecule has 6 nitrogen and oxygen atoms in total. The van der Waals surface area contributed by atoms with Crippen LogP contribution in [0, 0.1) is 5.92 Å². The molecule has 1 atom stereocenters. The molecule has 1 fully saturated rings. The molecule has 0 amide bonds. The van der Waals surface area contributed by atoms with Crippen LogP contribution in [-0.2, 0) is 10.0 Å². The third kappa shape index (κ3) is 2.62. The average Bonchev–Trinajstić information content (AvgIpc) is 2.40. The second kappa shape index (κ2) is 5.07. The largest absolute Gasteiger partial charge is 0.330 e. The number of piperidine rings is 1. The van der Waals surface area contributed by atoms with Gasteiger partial charge in [-0.2, -0.15) is 4.31 Å². The number of nitrogens with zero attached hydrogens (tertiary/aromatic N) is 3. The van der Waals surface area contributed by atoms with Gasteiger partial charge >= 0.3 is 0 Å². The standard InChI is InChI=1S/C10H16N4O2S/c11-7-9-3-1-6-14(8-9)17(15,16)10-12-4-2-5-13-10/h2,4-5,9H,1,3,6-8,11H2/t9-/m1/s1. The maximum atomic E-state index is 12.2. The monoisotopic (exact) mass is 256 g/mol. The summed E-state index contributed by atoms with van der Waals surface area (Å²) in [6, 6.07) is 1.60. The molecule has 1 aliphatic heterocycles. The summed E-state index contributed by atoms with van der Waals surface area (Å²) in [7, 11) is -3.55. The molecule has 0 aliphatic carbocycles. The Morgan fingerprint density at radius 1 is 1.41 bits per heavy atom. The van der Waals surface area contributed by atoms with Gasteiger partial charge in [-0.05, 0) is 31.4 Å². The molecule has 0 radical (unpaired) electrons. The van der Waals surface area contributed by atoms with Crippen molar-refractivity contribution in [3.8, 4) is 0 Å². The Morgan fingerprint density at radius 2 is 2.12 bits per heavy atom. The molecule has 1 aromatic rings. The van der Waals surface area contributed by atoms with Crippen molar-refractivity contribution in [3.63, 3.8) is 0 Å². The van der Waals surface area contributed by atoms with Crippen molar-refractivity contribution in [1.29, 1.82) is 0 Å². The topological polar surface area (TPSA) is 89.2 Å². The van der Waals surface area contributed by atoms with Crippen LogP contribution < -0.4 is 5.73 Å². The van der Waals surface area contributed by atoms with Crippen LogP contribution >= 0.6 is 0 Å². The van der Waals surface area contributed by atoms with Gasteiger partial charge in [0.25, 0.3) is 15.2 Å². The normalized spacial score (nSPS) is 22.5. The quantitative estimate of drug-likeness (QED) is 0.759. The molecule has 1 saturated heterocycles. The zero-order valence-corrected chi connectivity index (χ0v) is 10.3. The molecule has 1 aromatic heterocycles. The molecule has 7 heteroatoms. The lowest BCUT2D eigenvalue weighted by atomic mass is 10.0. The molecule has 2 heterocycles. The van der Waals surface area contributed by atoms with Gasteiger partial charge in [0.2, 0.25) is 0 Å². The Kier molecular flexibility index (Phi) is 3.70. The lowest BCUT2D eigenvalue weighted by Crippen LogP contribution is -2.42. The first-order valence-electron chi connectivity index (χ1n) is 5.62. The fraction of sp³-hybridized carbons (Fsp3) is 0.600. The summed E-state index contributed by atoms with van der Waals surface area (Å²) in [5.41, 5.74) is 5.59. The van der Waals surface area contributed by atoms with Gasteiger partial charge in [-0.1, -0.05) is 0 Å². The SMILES string of the molecule is NC[C@H]1CCCN(S(=O)(=O)c2ncccn2)C1.